The van der Waals surface area contributed by atoms with E-state index in [1.54, 1.807) is 31.2 Å². The highest BCUT2D eigenvalue weighted by molar-refractivity contribution is 5.91. The van der Waals surface area contributed by atoms with Crippen molar-refractivity contribution in [3.63, 3.8) is 0 Å². The van der Waals surface area contributed by atoms with Crippen molar-refractivity contribution in [1.82, 2.24) is 0 Å². The van der Waals surface area contributed by atoms with Crippen LogP contribution in [0.2, 0.25) is 0 Å². The molecule has 4 bridgehead atoms. The lowest BCUT2D eigenvalue weighted by atomic mass is 9.50. The number of hydrogen-bond acceptors (Lipinski definition) is 4. The highest BCUT2D eigenvalue weighted by Gasteiger charge is 2.51. The molecule has 1 amide bonds. The van der Waals surface area contributed by atoms with Gasteiger partial charge in [0.25, 0.3) is 0 Å². The molecule has 0 heterocycles. The summed E-state index contributed by atoms with van der Waals surface area (Å²) in [5.74, 6) is 2.29. The molecule has 4 aliphatic rings. The van der Waals surface area contributed by atoms with Crippen LogP contribution in [0.3, 0.4) is 0 Å². The Morgan fingerprint density at radius 2 is 1.58 bits per heavy atom. The lowest BCUT2D eigenvalue weighted by molar-refractivity contribution is -0.0848. The highest BCUT2D eigenvalue weighted by atomic mass is 16.5. The van der Waals surface area contributed by atoms with E-state index < -0.39 is 6.09 Å². The standard InChI is InChI=1S/C21H27NO4/c1-2-25-20(24)22-18-5-3-17(4-6-18)19(23)26-13-21-10-14-7-15(11-21)9-16(8-14)12-21/h3-6,14-16H,2,7-13H2,1H3,(H,22,24). The third-order valence-electron chi connectivity index (χ3n) is 6.32. The second kappa shape index (κ2) is 6.93. The van der Waals surface area contributed by atoms with Crippen molar-refractivity contribution in [2.45, 2.75) is 45.4 Å². The van der Waals surface area contributed by atoms with Crippen molar-refractivity contribution in [3.05, 3.63) is 29.8 Å². The summed E-state index contributed by atoms with van der Waals surface area (Å²) >= 11 is 0. The summed E-state index contributed by atoms with van der Waals surface area (Å²) in [5, 5.41) is 2.62. The molecule has 5 rings (SSSR count). The molecule has 0 radical (unpaired) electrons. The number of amides is 1. The second-order valence-corrected chi connectivity index (χ2v) is 8.42. The molecule has 1 aromatic carbocycles. The Morgan fingerprint density at radius 1 is 1.00 bits per heavy atom. The van der Waals surface area contributed by atoms with Gasteiger partial charge < -0.3 is 9.47 Å². The molecule has 0 aromatic heterocycles. The average Bonchev–Trinajstić information content (AvgIpc) is 2.59. The van der Waals surface area contributed by atoms with Crippen molar-refractivity contribution in [1.29, 1.82) is 0 Å². The minimum Gasteiger partial charge on any atom is -0.462 e. The Morgan fingerprint density at radius 3 is 2.12 bits per heavy atom. The van der Waals surface area contributed by atoms with Crippen molar-refractivity contribution < 1.29 is 19.1 Å². The predicted molar refractivity (Wildman–Crippen MR) is 98.0 cm³/mol. The fraction of sp³-hybridized carbons (Fsp3) is 0.619. The zero-order valence-electron chi connectivity index (χ0n) is 15.3. The van der Waals surface area contributed by atoms with Crippen LogP contribution in [0.25, 0.3) is 0 Å². The van der Waals surface area contributed by atoms with Gasteiger partial charge in [0.1, 0.15) is 0 Å². The number of carbonyl (C=O) groups excluding carboxylic acids is 2. The smallest absolute Gasteiger partial charge is 0.411 e. The van der Waals surface area contributed by atoms with E-state index in [2.05, 4.69) is 5.32 Å². The maximum absolute atomic E-state index is 12.4. The Kier molecular flexibility index (Phi) is 4.63. The van der Waals surface area contributed by atoms with Crippen molar-refractivity contribution in [2.75, 3.05) is 18.5 Å². The summed E-state index contributed by atoms with van der Waals surface area (Å²) in [7, 11) is 0. The van der Waals surface area contributed by atoms with E-state index in [0.717, 1.165) is 17.8 Å². The number of nitrogens with one attached hydrogen (secondary N) is 1. The van der Waals surface area contributed by atoms with Crippen molar-refractivity contribution in [2.24, 2.45) is 23.2 Å². The zero-order chi connectivity index (χ0) is 18.1. The van der Waals surface area contributed by atoms with E-state index in [0.29, 0.717) is 24.5 Å². The van der Waals surface area contributed by atoms with E-state index >= 15 is 0 Å². The van der Waals surface area contributed by atoms with Gasteiger partial charge in [-0.25, -0.2) is 9.59 Å². The molecule has 5 heteroatoms. The van der Waals surface area contributed by atoms with E-state index in [1.165, 1.54) is 38.5 Å². The van der Waals surface area contributed by atoms with Gasteiger partial charge in [0, 0.05) is 11.1 Å². The molecule has 0 aliphatic heterocycles. The van der Waals surface area contributed by atoms with Gasteiger partial charge in [-0.3, -0.25) is 5.32 Å². The van der Waals surface area contributed by atoms with Crippen LogP contribution in [0.15, 0.2) is 24.3 Å². The molecule has 4 fully saturated rings. The molecule has 26 heavy (non-hydrogen) atoms. The van der Waals surface area contributed by atoms with Crippen LogP contribution in [0, 0.1) is 23.2 Å². The number of carbonyl (C=O) groups is 2. The molecule has 4 aliphatic carbocycles. The quantitative estimate of drug-likeness (QED) is 0.781. The highest BCUT2D eigenvalue weighted by Crippen LogP contribution is 2.60. The summed E-state index contributed by atoms with van der Waals surface area (Å²) in [5.41, 5.74) is 1.35. The summed E-state index contributed by atoms with van der Waals surface area (Å²) < 4.78 is 10.6. The summed E-state index contributed by atoms with van der Waals surface area (Å²) in [6.07, 6.45) is 7.37. The minimum absolute atomic E-state index is 0.232. The fourth-order valence-electron chi connectivity index (χ4n) is 5.74. The van der Waals surface area contributed by atoms with Crippen LogP contribution in [-0.2, 0) is 9.47 Å². The van der Waals surface area contributed by atoms with Gasteiger partial charge in [-0.2, -0.15) is 0 Å². The van der Waals surface area contributed by atoms with Gasteiger partial charge in [-0.1, -0.05) is 0 Å². The monoisotopic (exact) mass is 357 g/mol. The van der Waals surface area contributed by atoms with Gasteiger partial charge in [0.05, 0.1) is 18.8 Å². The maximum Gasteiger partial charge on any atom is 0.411 e. The first-order chi connectivity index (χ1) is 12.5. The summed E-state index contributed by atoms with van der Waals surface area (Å²) in [4.78, 5) is 23.9. The van der Waals surface area contributed by atoms with Crippen LogP contribution < -0.4 is 5.32 Å². The lowest BCUT2D eigenvalue weighted by Gasteiger charge is -2.56. The largest absolute Gasteiger partial charge is 0.462 e. The lowest BCUT2D eigenvalue weighted by Crippen LogP contribution is -2.48. The van der Waals surface area contributed by atoms with Gasteiger partial charge in [-0.05, 0) is 87.5 Å². The van der Waals surface area contributed by atoms with E-state index in [-0.39, 0.29) is 11.4 Å². The number of benzene rings is 1. The molecular weight excluding hydrogens is 330 g/mol. The van der Waals surface area contributed by atoms with Gasteiger partial charge in [0.2, 0.25) is 0 Å². The molecule has 140 valence electrons. The molecule has 4 saturated carbocycles. The molecule has 0 atom stereocenters. The molecule has 0 spiro atoms. The fourth-order valence-corrected chi connectivity index (χ4v) is 5.74. The first-order valence-electron chi connectivity index (χ1n) is 9.76. The topological polar surface area (TPSA) is 64.6 Å². The molecular formula is C21H27NO4. The van der Waals surface area contributed by atoms with E-state index in [1.807, 2.05) is 0 Å². The first kappa shape index (κ1) is 17.4. The molecule has 1 aromatic rings. The minimum atomic E-state index is -0.496. The normalized spacial score (nSPS) is 31.5. The molecule has 0 saturated heterocycles. The molecule has 0 unspecified atom stereocenters. The zero-order valence-corrected chi connectivity index (χ0v) is 15.3. The van der Waals surface area contributed by atoms with Crippen molar-refractivity contribution in [3.8, 4) is 0 Å². The number of esters is 1. The SMILES string of the molecule is CCOC(=O)Nc1ccc(C(=O)OCC23CC4CC(CC(C4)C2)C3)cc1. The van der Waals surface area contributed by atoms with Crippen molar-refractivity contribution >= 4 is 17.7 Å². The first-order valence-corrected chi connectivity index (χ1v) is 9.76. The Labute approximate surface area is 154 Å². The maximum atomic E-state index is 12.4. The van der Waals surface area contributed by atoms with E-state index in [4.69, 9.17) is 9.47 Å². The number of rotatable bonds is 5. The van der Waals surface area contributed by atoms with Crippen LogP contribution in [0.1, 0.15) is 55.8 Å². The Balaban J connectivity index is 1.33. The van der Waals surface area contributed by atoms with E-state index in [9.17, 15) is 9.59 Å². The van der Waals surface area contributed by atoms with Crippen LogP contribution in [0.4, 0.5) is 10.5 Å². The van der Waals surface area contributed by atoms with Gasteiger partial charge in [0.15, 0.2) is 0 Å². The Bertz CT molecular complexity index is 646. The Hall–Kier alpha value is -2.04. The van der Waals surface area contributed by atoms with Crippen LogP contribution >= 0.6 is 0 Å². The second-order valence-electron chi connectivity index (χ2n) is 8.42. The van der Waals surface area contributed by atoms with Crippen LogP contribution in [0.5, 0.6) is 0 Å². The number of hydrogen-bond donors (Lipinski definition) is 1. The predicted octanol–water partition coefficient (Wildman–Crippen LogP) is 4.63. The summed E-state index contributed by atoms with van der Waals surface area (Å²) in [6, 6.07) is 6.75. The third kappa shape index (κ3) is 3.57. The number of ether oxygens (including phenoxy) is 2. The van der Waals surface area contributed by atoms with Gasteiger partial charge >= 0.3 is 12.1 Å². The van der Waals surface area contributed by atoms with Gasteiger partial charge in [-0.15, -0.1) is 0 Å². The molecule has 1 N–H and O–H groups in total. The van der Waals surface area contributed by atoms with Crippen LogP contribution in [-0.4, -0.2) is 25.3 Å². The summed E-state index contributed by atoms with van der Waals surface area (Å²) in [6.45, 7) is 2.63. The molecule has 5 nitrogen and oxygen atoms in total. The third-order valence-corrected chi connectivity index (χ3v) is 6.32. The average molecular weight is 357 g/mol. The number of anilines is 1.